The van der Waals surface area contributed by atoms with Crippen molar-refractivity contribution >= 4 is 10.8 Å². The number of ether oxygens (including phenoxy) is 1. The molecule has 0 aromatic heterocycles. The van der Waals surface area contributed by atoms with Gasteiger partial charge in [0, 0.05) is 35.4 Å². The lowest BCUT2D eigenvalue weighted by atomic mass is 10.6. The van der Waals surface area contributed by atoms with E-state index < -0.39 is 23.6 Å². The van der Waals surface area contributed by atoms with Gasteiger partial charge in [0.25, 0.3) is 0 Å². The Kier molecular flexibility index (Phi) is 7.99. The molecular formula is C8H16F3NO2S. The van der Waals surface area contributed by atoms with Gasteiger partial charge in [-0.05, 0) is 0 Å². The van der Waals surface area contributed by atoms with Gasteiger partial charge in [-0.25, -0.2) is 0 Å². The fraction of sp³-hybridized carbons (Fsp3) is 1.00. The van der Waals surface area contributed by atoms with Gasteiger partial charge < -0.3 is 10.1 Å². The minimum Gasteiger partial charge on any atom is -0.371 e. The second kappa shape index (κ2) is 8.06. The van der Waals surface area contributed by atoms with Crippen LogP contribution in [0.3, 0.4) is 0 Å². The van der Waals surface area contributed by atoms with E-state index in [2.05, 4.69) is 10.1 Å². The van der Waals surface area contributed by atoms with E-state index >= 15 is 0 Å². The number of nitrogens with one attached hydrogen (secondary N) is 1. The van der Waals surface area contributed by atoms with E-state index in [0.29, 0.717) is 24.6 Å². The Morgan fingerprint density at radius 2 is 2.00 bits per heavy atom. The molecule has 0 saturated carbocycles. The Labute approximate surface area is 89.8 Å². The highest BCUT2D eigenvalue weighted by Crippen LogP contribution is 2.13. The van der Waals surface area contributed by atoms with Gasteiger partial charge in [0.05, 0.1) is 6.61 Å². The monoisotopic (exact) mass is 247 g/mol. The van der Waals surface area contributed by atoms with Gasteiger partial charge in [0.15, 0.2) is 0 Å². The second-order valence-corrected chi connectivity index (χ2v) is 4.72. The first-order valence-corrected chi connectivity index (χ1v) is 6.14. The van der Waals surface area contributed by atoms with Crippen LogP contribution in [0, 0.1) is 0 Å². The predicted octanol–water partition coefficient (Wildman–Crippen LogP) is 0.923. The third-order valence-corrected chi connectivity index (χ3v) is 2.82. The first-order valence-electron chi connectivity index (χ1n) is 4.66. The molecule has 1 N–H and O–H groups in total. The highest BCUT2D eigenvalue weighted by atomic mass is 32.2. The van der Waals surface area contributed by atoms with E-state index in [1.54, 1.807) is 0 Å². The van der Waals surface area contributed by atoms with Crippen LogP contribution >= 0.6 is 0 Å². The van der Waals surface area contributed by atoms with Crippen molar-refractivity contribution in [1.82, 2.24) is 5.32 Å². The van der Waals surface area contributed by atoms with Gasteiger partial charge in [0.2, 0.25) is 0 Å². The van der Waals surface area contributed by atoms with E-state index in [9.17, 15) is 17.4 Å². The van der Waals surface area contributed by atoms with Crippen LogP contribution in [-0.4, -0.2) is 48.2 Å². The van der Waals surface area contributed by atoms with E-state index in [1.807, 2.05) is 6.92 Å². The summed E-state index contributed by atoms with van der Waals surface area (Å²) in [6, 6.07) is 0. The number of rotatable bonds is 8. The van der Waals surface area contributed by atoms with E-state index in [1.165, 1.54) is 0 Å². The minimum absolute atomic E-state index is 0.0122. The summed E-state index contributed by atoms with van der Waals surface area (Å²) in [4.78, 5) is 0. The Balaban J connectivity index is 3.16. The summed E-state index contributed by atoms with van der Waals surface area (Å²) in [5, 5.41) is 2.85. The molecule has 15 heavy (non-hydrogen) atoms. The molecule has 0 aromatic carbocycles. The molecule has 0 aliphatic heterocycles. The highest BCUT2D eigenvalue weighted by molar-refractivity contribution is 7.84. The Morgan fingerprint density at radius 3 is 2.53 bits per heavy atom. The minimum atomic E-state index is -4.26. The Morgan fingerprint density at radius 1 is 1.33 bits per heavy atom. The molecule has 0 heterocycles. The lowest BCUT2D eigenvalue weighted by molar-refractivity contribution is -0.173. The molecule has 0 fully saturated rings. The molecule has 0 radical (unpaired) electrons. The SMILES string of the molecule is CCS(=O)CCNCCOCC(F)(F)F. The van der Waals surface area contributed by atoms with Crippen molar-refractivity contribution in [3.63, 3.8) is 0 Å². The molecule has 0 aliphatic carbocycles. The highest BCUT2D eigenvalue weighted by Gasteiger charge is 2.27. The normalized spacial score (nSPS) is 14.1. The molecule has 1 unspecified atom stereocenters. The van der Waals surface area contributed by atoms with Crippen molar-refractivity contribution in [2.24, 2.45) is 0 Å². The van der Waals surface area contributed by atoms with Gasteiger partial charge in [-0.2, -0.15) is 13.2 Å². The fourth-order valence-electron chi connectivity index (χ4n) is 0.788. The summed E-state index contributed by atoms with van der Waals surface area (Å²) in [5.41, 5.74) is 0. The standard InChI is InChI=1S/C8H16F3NO2S/c1-2-15(13)6-4-12-3-5-14-7-8(9,10)11/h12H,2-7H2,1H3. The average molecular weight is 247 g/mol. The Bertz CT molecular complexity index is 187. The number of halogens is 3. The van der Waals surface area contributed by atoms with E-state index in [0.717, 1.165) is 0 Å². The summed E-state index contributed by atoms with van der Waals surface area (Å²) in [5.74, 6) is 1.13. The van der Waals surface area contributed by atoms with Gasteiger partial charge in [-0.3, -0.25) is 4.21 Å². The second-order valence-electron chi connectivity index (χ2n) is 2.85. The van der Waals surface area contributed by atoms with Crippen molar-refractivity contribution in [3.8, 4) is 0 Å². The number of hydrogen-bond donors (Lipinski definition) is 1. The van der Waals surface area contributed by atoms with E-state index in [4.69, 9.17) is 0 Å². The molecule has 92 valence electrons. The van der Waals surface area contributed by atoms with Crippen LogP contribution < -0.4 is 5.32 Å². The van der Waals surface area contributed by atoms with Crippen LogP contribution in [0.15, 0.2) is 0 Å². The molecule has 7 heteroatoms. The molecule has 0 rings (SSSR count). The van der Waals surface area contributed by atoms with Crippen molar-refractivity contribution in [3.05, 3.63) is 0 Å². The summed E-state index contributed by atoms with van der Waals surface area (Å²) >= 11 is 0. The summed E-state index contributed by atoms with van der Waals surface area (Å²) in [6.07, 6.45) is -4.26. The lowest BCUT2D eigenvalue weighted by Gasteiger charge is -2.08. The fourth-order valence-corrected chi connectivity index (χ4v) is 1.45. The third-order valence-electron chi connectivity index (χ3n) is 1.52. The van der Waals surface area contributed by atoms with E-state index in [-0.39, 0.29) is 6.61 Å². The van der Waals surface area contributed by atoms with Crippen LogP contribution in [0.4, 0.5) is 13.2 Å². The van der Waals surface area contributed by atoms with Gasteiger partial charge in [-0.15, -0.1) is 0 Å². The molecule has 3 nitrogen and oxygen atoms in total. The van der Waals surface area contributed by atoms with Crippen LogP contribution in [0.1, 0.15) is 6.92 Å². The zero-order valence-corrected chi connectivity index (χ0v) is 9.42. The van der Waals surface area contributed by atoms with Crippen molar-refractivity contribution in [1.29, 1.82) is 0 Å². The van der Waals surface area contributed by atoms with Crippen LogP contribution in [-0.2, 0) is 15.5 Å². The van der Waals surface area contributed by atoms with Gasteiger partial charge >= 0.3 is 6.18 Å². The van der Waals surface area contributed by atoms with Gasteiger partial charge in [-0.1, -0.05) is 6.92 Å². The van der Waals surface area contributed by atoms with Gasteiger partial charge in [0.1, 0.15) is 6.61 Å². The Hall–Kier alpha value is -0.140. The topological polar surface area (TPSA) is 38.3 Å². The maximum absolute atomic E-state index is 11.6. The lowest BCUT2D eigenvalue weighted by Crippen LogP contribution is -2.27. The molecule has 0 saturated heterocycles. The molecule has 0 aliphatic rings. The quantitative estimate of drug-likeness (QED) is 0.648. The molecule has 0 amide bonds. The average Bonchev–Trinajstić information content (AvgIpc) is 2.14. The summed E-state index contributed by atoms with van der Waals surface area (Å²) < 4.78 is 50.1. The van der Waals surface area contributed by atoms with Crippen molar-refractivity contribution < 1.29 is 22.1 Å². The van der Waals surface area contributed by atoms with Crippen LogP contribution in [0.2, 0.25) is 0 Å². The first-order chi connectivity index (χ1) is 6.95. The van der Waals surface area contributed by atoms with Crippen molar-refractivity contribution in [2.45, 2.75) is 13.1 Å². The third kappa shape index (κ3) is 11.8. The number of hydrogen-bond acceptors (Lipinski definition) is 3. The van der Waals surface area contributed by atoms with Crippen LogP contribution in [0.5, 0.6) is 0 Å². The molecule has 0 aromatic rings. The smallest absolute Gasteiger partial charge is 0.371 e. The summed E-state index contributed by atoms with van der Waals surface area (Å²) in [7, 11) is -0.832. The van der Waals surface area contributed by atoms with Crippen molar-refractivity contribution in [2.75, 3.05) is 37.8 Å². The number of alkyl halides is 3. The maximum atomic E-state index is 11.6. The predicted molar refractivity (Wildman–Crippen MR) is 53.3 cm³/mol. The zero-order valence-electron chi connectivity index (χ0n) is 8.60. The molecule has 1 atom stereocenters. The summed E-state index contributed by atoms with van der Waals surface area (Å²) in [6.45, 7) is 1.50. The molecular weight excluding hydrogens is 231 g/mol. The van der Waals surface area contributed by atoms with Crippen LogP contribution in [0.25, 0.3) is 0 Å². The zero-order chi connectivity index (χ0) is 11.7. The largest absolute Gasteiger partial charge is 0.411 e. The molecule has 0 bridgehead atoms. The molecule has 0 spiro atoms. The maximum Gasteiger partial charge on any atom is 0.411 e. The first kappa shape index (κ1) is 14.9.